The van der Waals surface area contributed by atoms with Gasteiger partial charge in [0.25, 0.3) is 0 Å². The molecule has 0 amide bonds. The van der Waals surface area contributed by atoms with Crippen LogP contribution in [0.15, 0.2) is 16.8 Å². The lowest BCUT2D eigenvalue weighted by Crippen LogP contribution is -2.24. The average Bonchev–Trinajstić information content (AvgIpc) is 2.67. The molecular weight excluding hydrogens is 194 g/mol. The molecule has 0 aliphatic heterocycles. The van der Waals surface area contributed by atoms with Crippen molar-refractivity contribution in [2.45, 2.75) is 38.3 Å². The molecule has 1 unspecified atom stereocenters. The Morgan fingerprint density at radius 1 is 1.57 bits per heavy atom. The molecule has 1 aromatic heterocycles. The van der Waals surface area contributed by atoms with Crippen molar-refractivity contribution < 1.29 is 4.74 Å². The maximum atomic E-state index is 6.05. The second kappa shape index (κ2) is 4.91. The van der Waals surface area contributed by atoms with E-state index in [1.54, 1.807) is 18.4 Å². The van der Waals surface area contributed by atoms with Gasteiger partial charge >= 0.3 is 0 Å². The number of hydrogen-bond donors (Lipinski definition) is 1. The molecule has 3 heteroatoms. The SMILES string of the molecule is COC(C)(C)CCC(N)c1ccsc1. The van der Waals surface area contributed by atoms with E-state index in [0.717, 1.165) is 12.8 Å². The van der Waals surface area contributed by atoms with E-state index in [2.05, 4.69) is 30.7 Å². The fourth-order valence-electron chi connectivity index (χ4n) is 1.26. The summed E-state index contributed by atoms with van der Waals surface area (Å²) in [5.41, 5.74) is 7.23. The van der Waals surface area contributed by atoms with E-state index in [1.807, 2.05) is 0 Å². The molecule has 0 aliphatic carbocycles. The van der Waals surface area contributed by atoms with E-state index < -0.39 is 0 Å². The summed E-state index contributed by atoms with van der Waals surface area (Å²) in [6.07, 6.45) is 1.96. The molecule has 2 N–H and O–H groups in total. The van der Waals surface area contributed by atoms with E-state index in [-0.39, 0.29) is 11.6 Å². The number of nitrogens with two attached hydrogens (primary N) is 1. The van der Waals surface area contributed by atoms with Gasteiger partial charge < -0.3 is 10.5 Å². The Labute approximate surface area is 90.1 Å². The van der Waals surface area contributed by atoms with Crippen LogP contribution in [0.1, 0.15) is 38.3 Å². The van der Waals surface area contributed by atoms with Crippen molar-refractivity contribution in [1.82, 2.24) is 0 Å². The molecule has 0 fully saturated rings. The minimum atomic E-state index is -0.0619. The molecule has 1 rings (SSSR count). The Morgan fingerprint density at radius 3 is 2.79 bits per heavy atom. The molecule has 80 valence electrons. The van der Waals surface area contributed by atoms with Gasteiger partial charge in [0, 0.05) is 13.2 Å². The zero-order valence-electron chi connectivity index (χ0n) is 9.12. The normalized spacial score (nSPS) is 14.3. The number of methoxy groups -OCH3 is 1. The lowest BCUT2D eigenvalue weighted by Gasteiger charge is -2.24. The Bertz CT molecular complexity index is 256. The van der Waals surface area contributed by atoms with Crippen molar-refractivity contribution in [3.05, 3.63) is 22.4 Å². The van der Waals surface area contributed by atoms with Gasteiger partial charge in [-0.3, -0.25) is 0 Å². The molecule has 0 aliphatic rings. The molecule has 0 spiro atoms. The van der Waals surface area contributed by atoms with Gasteiger partial charge in [0.2, 0.25) is 0 Å². The Morgan fingerprint density at radius 2 is 2.29 bits per heavy atom. The zero-order chi connectivity index (χ0) is 10.6. The second-order valence-corrected chi connectivity index (χ2v) is 4.95. The van der Waals surface area contributed by atoms with Crippen LogP contribution in [0.4, 0.5) is 0 Å². The maximum Gasteiger partial charge on any atom is 0.0623 e. The largest absolute Gasteiger partial charge is 0.379 e. The fraction of sp³-hybridized carbons (Fsp3) is 0.636. The first-order valence-electron chi connectivity index (χ1n) is 4.88. The minimum Gasteiger partial charge on any atom is -0.379 e. The summed E-state index contributed by atoms with van der Waals surface area (Å²) in [6.45, 7) is 4.18. The van der Waals surface area contributed by atoms with Gasteiger partial charge in [-0.1, -0.05) is 0 Å². The third-order valence-electron chi connectivity index (χ3n) is 2.58. The monoisotopic (exact) mass is 213 g/mol. The molecule has 14 heavy (non-hydrogen) atoms. The van der Waals surface area contributed by atoms with Gasteiger partial charge in [-0.05, 0) is 49.1 Å². The standard InChI is InChI=1S/C11H19NOS/c1-11(2,13-3)6-4-10(12)9-5-7-14-8-9/h5,7-8,10H,4,6,12H2,1-3H3. The van der Waals surface area contributed by atoms with Gasteiger partial charge in [-0.2, -0.15) is 11.3 Å². The highest BCUT2D eigenvalue weighted by atomic mass is 32.1. The summed E-state index contributed by atoms with van der Waals surface area (Å²) in [5, 5.41) is 4.18. The minimum absolute atomic E-state index is 0.0619. The van der Waals surface area contributed by atoms with Crippen molar-refractivity contribution in [2.75, 3.05) is 7.11 Å². The first-order chi connectivity index (χ1) is 6.55. The molecular formula is C11H19NOS. The molecule has 0 bridgehead atoms. The van der Waals surface area contributed by atoms with Gasteiger partial charge in [0.05, 0.1) is 5.60 Å². The first kappa shape index (κ1) is 11.7. The molecule has 0 saturated heterocycles. The molecule has 1 atom stereocenters. The van der Waals surface area contributed by atoms with Gasteiger partial charge in [-0.15, -0.1) is 0 Å². The van der Waals surface area contributed by atoms with E-state index in [1.165, 1.54) is 5.56 Å². The summed E-state index contributed by atoms with van der Waals surface area (Å²) in [4.78, 5) is 0. The fourth-order valence-corrected chi connectivity index (χ4v) is 1.98. The summed E-state index contributed by atoms with van der Waals surface area (Å²) >= 11 is 1.70. The zero-order valence-corrected chi connectivity index (χ0v) is 9.93. The molecule has 0 saturated carbocycles. The number of ether oxygens (including phenoxy) is 1. The van der Waals surface area contributed by atoms with Gasteiger partial charge in [0.15, 0.2) is 0 Å². The smallest absolute Gasteiger partial charge is 0.0623 e. The highest BCUT2D eigenvalue weighted by Gasteiger charge is 2.18. The summed E-state index contributed by atoms with van der Waals surface area (Å²) in [7, 11) is 1.75. The van der Waals surface area contributed by atoms with Crippen LogP contribution in [-0.2, 0) is 4.74 Å². The summed E-state index contributed by atoms with van der Waals surface area (Å²) < 4.78 is 5.35. The van der Waals surface area contributed by atoms with Crippen LogP contribution in [0, 0.1) is 0 Å². The highest BCUT2D eigenvalue weighted by molar-refractivity contribution is 7.07. The maximum absolute atomic E-state index is 6.05. The van der Waals surface area contributed by atoms with Gasteiger partial charge in [0.1, 0.15) is 0 Å². The Balaban J connectivity index is 2.39. The lowest BCUT2D eigenvalue weighted by atomic mass is 9.97. The van der Waals surface area contributed by atoms with E-state index in [0.29, 0.717) is 0 Å². The summed E-state index contributed by atoms with van der Waals surface area (Å²) in [5.74, 6) is 0. The molecule has 0 radical (unpaired) electrons. The Hall–Kier alpha value is -0.380. The highest BCUT2D eigenvalue weighted by Crippen LogP contribution is 2.23. The first-order valence-corrected chi connectivity index (χ1v) is 5.82. The topological polar surface area (TPSA) is 35.2 Å². The lowest BCUT2D eigenvalue weighted by molar-refractivity contribution is 0.0125. The predicted molar refractivity (Wildman–Crippen MR) is 61.6 cm³/mol. The average molecular weight is 213 g/mol. The third kappa shape index (κ3) is 3.40. The van der Waals surface area contributed by atoms with Crippen molar-refractivity contribution in [1.29, 1.82) is 0 Å². The Kier molecular flexibility index (Phi) is 4.11. The van der Waals surface area contributed by atoms with Crippen LogP contribution in [-0.4, -0.2) is 12.7 Å². The molecule has 1 heterocycles. The molecule has 1 aromatic rings. The quantitative estimate of drug-likeness (QED) is 0.816. The van der Waals surface area contributed by atoms with E-state index in [9.17, 15) is 0 Å². The van der Waals surface area contributed by atoms with Gasteiger partial charge in [-0.25, -0.2) is 0 Å². The van der Waals surface area contributed by atoms with Crippen LogP contribution in [0.3, 0.4) is 0 Å². The van der Waals surface area contributed by atoms with Crippen molar-refractivity contribution in [3.63, 3.8) is 0 Å². The van der Waals surface area contributed by atoms with Crippen molar-refractivity contribution in [2.24, 2.45) is 5.73 Å². The van der Waals surface area contributed by atoms with Crippen molar-refractivity contribution >= 4 is 11.3 Å². The van der Waals surface area contributed by atoms with E-state index >= 15 is 0 Å². The van der Waals surface area contributed by atoms with Crippen LogP contribution < -0.4 is 5.73 Å². The summed E-state index contributed by atoms with van der Waals surface area (Å²) in [6, 6.07) is 2.24. The van der Waals surface area contributed by atoms with Crippen LogP contribution >= 0.6 is 11.3 Å². The number of thiophene rings is 1. The van der Waals surface area contributed by atoms with E-state index in [4.69, 9.17) is 10.5 Å². The number of hydrogen-bond acceptors (Lipinski definition) is 3. The molecule has 0 aromatic carbocycles. The van der Waals surface area contributed by atoms with Crippen molar-refractivity contribution in [3.8, 4) is 0 Å². The predicted octanol–water partition coefficient (Wildman–Crippen LogP) is 2.95. The third-order valence-corrected chi connectivity index (χ3v) is 3.28. The second-order valence-electron chi connectivity index (χ2n) is 4.17. The van der Waals surface area contributed by atoms with Crippen LogP contribution in [0.2, 0.25) is 0 Å². The van der Waals surface area contributed by atoms with Crippen LogP contribution in [0.5, 0.6) is 0 Å². The molecule has 2 nitrogen and oxygen atoms in total. The number of rotatable bonds is 5. The van der Waals surface area contributed by atoms with Crippen LogP contribution in [0.25, 0.3) is 0 Å².